The monoisotopic (exact) mass is 503 g/mol. The van der Waals surface area contributed by atoms with Crippen LogP contribution < -0.4 is 18.6 Å². The zero-order valence-electron chi connectivity index (χ0n) is 14.4. The fourth-order valence-electron chi connectivity index (χ4n) is 1.70. The molecular formula is C16H14Cl3CrN2O7-. The molecule has 0 spiro atoms. The number of hydrogen-bond donors (Lipinski definition) is 2. The van der Waals surface area contributed by atoms with E-state index in [-0.39, 0.29) is 11.5 Å². The molecule has 0 radical (unpaired) electrons. The average Bonchev–Trinajstić information content (AvgIpc) is 2.64. The molecule has 0 aliphatic rings. The average molecular weight is 505 g/mol. The Morgan fingerprint density at radius 2 is 1.14 bits per heavy atom. The second kappa shape index (κ2) is 14.4. The van der Waals surface area contributed by atoms with E-state index in [1.807, 2.05) is 0 Å². The molecule has 0 amide bonds. The van der Waals surface area contributed by atoms with Gasteiger partial charge in [-0.2, -0.15) is 0 Å². The number of phenols is 2. The maximum absolute atomic E-state index is 9.62. The topological polar surface area (TPSA) is 174 Å². The summed E-state index contributed by atoms with van der Waals surface area (Å²) in [5.41, 5.74) is 1.12. The molecule has 0 bridgehead atoms. The van der Waals surface area contributed by atoms with Gasteiger partial charge in [0.1, 0.15) is 11.5 Å². The molecule has 0 saturated carbocycles. The van der Waals surface area contributed by atoms with Crippen molar-refractivity contribution >= 4 is 35.6 Å². The number of hydrogen-bond acceptors (Lipinski definition) is 9. The van der Waals surface area contributed by atoms with Crippen molar-refractivity contribution in [1.29, 1.82) is 0 Å². The van der Waals surface area contributed by atoms with Gasteiger partial charge in [0, 0.05) is 33.6 Å². The second-order valence-electron chi connectivity index (χ2n) is 4.85. The van der Waals surface area contributed by atoms with Gasteiger partial charge in [0.25, 0.3) is 0 Å². The van der Waals surface area contributed by atoms with Crippen molar-refractivity contribution < 1.29 is 59.1 Å². The molecule has 0 unspecified atom stereocenters. The van der Waals surface area contributed by atoms with Gasteiger partial charge in [-0.15, -0.1) is 10.2 Å². The minimum absolute atomic E-state index is 0.125. The van der Waals surface area contributed by atoms with Gasteiger partial charge in [-0.05, 0) is 36.4 Å². The van der Waals surface area contributed by atoms with Crippen LogP contribution in [0.1, 0.15) is 11.1 Å². The first-order chi connectivity index (χ1) is 13.6. The van der Waals surface area contributed by atoms with E-state index in [1.54, 1.807) is 36.7 Å². The summed E-state index contributed by atoms with van der Waals surface area (Å²) in [7, 11) is -4.94. The zero-order valence-corrected chi connectivity index (χ0v) is 17.9. The van der Waals surface area contributed by atoms with E-state index in [9.17, 15) is 10.2 Å². The van der Waals surface area contributed by atoms with Crippen LogP contribution in [0.4, 0.5) is 0 Å². The Kier molecular flexibility index (Phi) is 13.6. The molecule has 0 aliphatic heterocycles. The summed E-state index contributed by atoms with van der Waals surface area (Å²) in [4.78, 5) is 8.34. The number of aliphatic imine (C=N–C) groups is 2. The summed E-state index contributed by atoms with van der Waals surface area (Å²) in [6.07, 6.45) is 3.10. The molecule has 0 fully saturated rings. The van der Waals surface area contributed by atoms with Crippen LogP contribution >= 0.6 is 23.2 Å². The Hall–Kier alpha value is -1.58. The number of nitrogens with zero attached hydrogens (tertiary/aromatic N) is 2. The number of halogens is 3. The van der Waals surface area contributed by atoms with Crippen molar-refractivity contribution in [3.05, 3.63) is 57.6 Å². The van der Waals surface area contributed by atoms with Gasteiger partial charge in [0.15, 0.2) is 0 Å². The second-order valence-corrected chi connectivity index (χ2v) is 6.48. The first kappa shape index (κ1) is 27.4. The third kappa shape index (κ3) is 14.1. The standard InChI is InChI=1S/C16H14Cl2N2O2.ClHO4.Cr.O/c17-13-1-3-15(21)11(7-13)9-19-5-6-20-10-12-8-14(18)2-4-16(12)22;2-1(3,4)5;;/h1-4,7-10,21-22H,5-6H2;(H,2,3,4,5);;/p-1. The zero-order chi connectivity index (χ0) is 22.4. The summed E-state index contributed by atoms with van der Waals surface area (Å²) in [5, 5.41) is 20.3. The van der Waals surface area contributed by atoms with Crippen LogP contribution in [-0.4, -0.2) is 35.7 Å². The van der Waals surface area contributed by atoms with Crippen molar-refractivity contribution in [3.63, 3.8) is 0 Å². The molecule has 0 heterocycles. The maximum atomic E-state index is 9.62. The summed E-state index contributed by atoms with van der Waals surface area (Å²) in [6, 6.07) is 9.51. The fraction of sp³-hybridized carbons (Fsp3) is 0.125. The quantitative estimate of drug-likeness (QED) is 0.390. The fourth-order valence-corrected chi connectivity index (χ4v) is 2.06. The van der Waals surface area contributed by atoms with E-state index in [1.165, 1.54) is 28.4 Å². The van der Waals surface area contributed by atoms with Gasteiger partial charge >= 0.3 is 20.0 Å². The molecule has 0 aliphatic carbocycles. The Bertz CT molecular complexity index is 765. The van der Waals surface area contributed by atoms with Crippen LogP contribution in [0.15, 0.2) is 46.4 Å². The molecule has 2 N–H and O–H groups in total. The van der Waals surface area contributed by atoms with Gasteiger partial charge < -0.3 is 10.2 Å². The molecule has 0 saturated heterocycles. The first-order valence-corrected chi connectivity index (χ1v) is 9.82. The van der Waals surface area contributed by atoms with E-state index in [4.69, 9.17) is 45.6 Å². The van der Waals surface area contributed by atoms with Crippen LogP contribution in [0.2, 0.25) is 10.0 Å². The van der Waals surface area contributed by atoms with Crippen molar-refractivity contribution in [2.75, 3.05) is 13.1 Å². The third-order valence-corrected chi connectivity index (χ3v) is 3.27. The number of phenolic OH excluding ortho intramolecular Hbond substituents is 2. The van der Waals surface area contributed by atoms with Crippen molar-refractivity contribution in [1.82, 2.24) is 0 Å². The Morgan fingerprint density at radius 3 is 1.45 bits per heavy atom. The van der Waals surface area contributed by atoms with Gasteiger partial charge in [-0.1, -0.05) is 23.2 Å². The van der Waals surface area contributed by atoms with E-state index in [2.05, 4.69) is 9.98 Å². The van der Waals surface area contributed by atoms with E-state index < -0.39 is 10.2 Å². The molecule has 0 aromatic heterocycles. The van der Waals surface area contributed by atoms with Crippen molar-refractivity contribution in [2.45, 2.75) is 0 Å². The van der Waals surface area contributed by atoms with E-state index in [0.717, 1.165) is 0 Å². The first-order valence-electron chi connectivity index (χ1n) is 7.31. The van der Waals surface area contributed by atoms with Crippen LogP contribution in [0.5, 0.6) is 11.5 Å². The van der Waals surface area contributed by atoms with Crippen LogP contribution in [0.25, 0.3) is 0 Å². The van der Waals surface area contributed by atoms with E-state index >= 15 is 0 Å². The third-order valence-electron chi connectivity index (χ3n) is 2.80. The Labute approximate surface area is 186 Å². The summed E-state index contributed by atoms with van der Waals surface area (Å²) in [6.45, 7) is 0.896. The molecule has 2 aromatic carbocycles. The summed E-state index contributed by atoms with van der Waals surface area (Å²) < 4.78 is 42.1. The van der Waals surface area contributed by atoms with Gasteiger partial charge in [-0.25, -0.2) is 18.6 Å². The molecule has 13 heteroatoms. The molecule has 2 rings (SSSR count). The SMILES string of the molecule is Oc1ccc(Cl)cc1C=NCCN=Cc1cc(Cl)ccc1O.[O-][Cl+3]([O-])([O-])[O-].[O]=[Cr]. The summed E-state index contributed by atoms with van der Waals surface area (Å²) in [5.74, 6) is 0.251. The molecule has 2 aromatic rings. The van der Waals surface area contributed by atoms with Crippen LogP contribution in [0.3, 0.4) is 0 Å². The van der Waals surface area contributed by atoms with Gasteiger partial charge in [0.05, 0.1) is 13.1 Å². The van der Waals surface area contributed by atoms with Crippen molar-refractivity contribution in [2.24, 2.45) is 9.98 Å². The Balaban J connectivity index is 0.000000977. The Morgan fingerprint density at radius 1 is 0.828 bits per heavy atom. The predicted octanol–water partition coefficient (Wildman–Crippen LogP) is -0.935. The van der Waals surface area contributed by atoms with Gasteiger partial charge in [-0.3, -0.25) is 9.98 Å². The number of aromatic hydroxyl groups is 2. The minimum atomic E-state index is -4.94. The van der Waals surface area contributed by atoms with E-state index in [0.29, 0.717) is 34.3 Å². The number of rotatable bonds is 5. The van der Waals surface area contributed by atoms with Crippen molar-refractivity contribution in [3.8, 4) is 11.5 Å². The van der Waals surface area contributed by atoms with Gasteiger partial charge in [0.2, 0.25) is 0 Å². The number of benzene rings is 2. The molecule has 9 nitrogen and oxygen atoms in total. The predicted molar refractivity (Wildman–Crippen MR) is 91.8 cm³/mol. The molecule has 158 valence electrons. The van der Waals surface area contributed by atoms with Crippen LogP contribution in [0, 0.1) is 10.2 Å². The normalized spacial score (nSPS) is 11.0. The summed E-state index contributed by atoms with van der Waals surface area (Å²) >= 11 is 13.1. The molecule has 0 atom stereocenters. The van der Waals surface area contributed by atoms with Crippen LogP contribution in [-0.2, 0) is 20.0 Å². The molecule has 29 heavy (non-hydrogen) atoms. The molecular weight excluding hydrogens is 491 g/mol.